The summed E-state index contributed by atoms with van der Waals surface area (Å²) in [5.74, 6) is 1.06. The third-order valence-electron chi connectivity index (χ3n) is 6.54. The molecule has 1 aromatic rings. The third kappa shape index (κ3) is 6.45. The molecule has 1 amide bonds. The highest BCUT2D eigenvalue weighted by atomic mass is 32.1. The molecule has 2 fully saturated rings. The zero-order valence-electron chi connectivity index (χ0n) is 18.7. The molecule has 0 unspecified atom stereocenters. The van der Waals surface area contributed by atoms with E-state index in [-0.39, 0.29) is 11.3 Å². The minimum absolute atomic E-state index is 0.145. The second kappa shape index (κ2) is 11.7. The van der Waals surface area contributed by atoms with Crippen molar-refractivity contribution in [3.05, 3.63) is 22.4 Å². The summed E-state index contributed by atoms with van der Waals surface area (Å²) in [5, 5.41) is 12.5. The van der Waals surface area contributed by atoms with Crippen molar-refractivity contribution < 1.29 is 4.79 Å². The van der Waals surface area contributed by atoms with Crippen LogP contribution in [-0.2, 0) is 10.2 Å². The Labute approximate surface area is 185 Å². The molecule has 1 saturated carbocycles. The van der Waals surface area contributed by atoms with Crippen LogP contribution in [0.5, 0.6) is 0 Å². The van der Waals surface area contributed by atoms with Crippen LogP contribution in [0.25, 0.3) is 0 Å². The lowest BCUT2D eigenvalue weighted by atomic mass is 9.73. The second-order valence-electron chi connectivity index (χ2n) is 8.79. The van der Waals surface area contributed by atoms with E-state index < -0.39 is 0 Å². The van der Waals surface area contributed by atoms with Gasteiger partial charge in [0.1, 0.15) is 0 Å². The first-order valence-electron chi connectivity index (χ1n) is 11.7. The highest BCUT2D eigenvalue weighted by Crippen LogP contribution is 2.41. The smallest absolute Gasteiger partial charge is 0.234 e. The van der Waals surface area contributed by atoms with E-state index >= 15 is 0 Å². The fraction of sp³-hybridized carbons (Fsp3) is 0.739. The van der Waals surface area contributed by atoms with Gasteiger partial charge in [-0.1, -0.05) is 32.3 Å². The maximum atomic E-state index is 11.9. The van der Waals surface area contributed by atoms with Crippen molar-refractivity contribution in [3.63, 3.8) is 0 Å². The van der Waals surface area contributed by atoms with Crippen molar-refractivity contribution in [3.8, 4) is 0 Å². The van der Waals surface area contributed by atoms with Gasteiger partial charge in [0.2, 0.25) is 5.91 Å². The standard InChI is InChI=1S/C23H39N5OS/c1-3-13-25-21(29)17-28-14-9-19(10-15-28)27-22(24-2)26-18-23(11-5-4-6-12-23)20-8-7-16-30-20/h7-8,16,19H,3-6,9-15,17-18H2,1-2H3,(H,25,29)(H2,24,26,27). The highest BCUT2D eigenvalue weighted by Gasteiger charge is 2.35. The predicted molar refractivity (Wildman–Crippen MR) is 126 cm³/mol. The zero-order valence-corrected chi connectivity index (χ0v) is 19.5. The number of aliphatic imine (C=N–C) groups is 1. The van der Waals surface area contributed by atoms with E-state index in [1.165, 1.54) is 37.0 Å². The number of hydrogen-bond donors (Lipinski definition) is 3. The van der Waals surface area contributed by atoms with E-state index in [9.17, 15) is 4.79 Å². The van der Waals surface area contributed by atoms with E-state index in [1.807, 2.05) is 18.4 Å². The Balaban J connectivity index is 1.45. The molecule has 0 atom stereocenters. The van der Waals surface area contributed by atoms with Gasteiger partial charge in [-0.15, -0.1) is 11.3 Å². The molecule has 2 heterocycles. The summed E-state index contributed by atoms with van der Waals surface area (Å²) in [6, 6.07) is 4.90. The summed E-state index contributed by atoms with van der Waals surface area (Å²) in [6.07, 6.45) is 9.57. The van der Waals surface area contributed by atoms with Gasteiger partial charge >= 0.3 is 0 Å². The van der Waals surface area contributed by atoms with Crippen molar-refractivity contribution in [2.75, 3.05) is 39.8 Å². The van der Waals surface area contributed by atoms with Gasteiger partial charge in [-0.05, 0) is 43.6 Å². The normalized spacial score (nSPS) is 20.7. The van der Waals surface area contributed by atoms with E-state index in [4.69, 9.17) is 0 Å². The minimum Gasteiger partial charge on any atom is -0.355 e. The molecule has 2 aliphatic rings. The van der Waals surface area contributed by atoms with E-state index in [2.05, 4.69) is 50.3 Å². The number of piperidine rings is 1. The van der Waals surface area contributed by atoms with Gasteiger partial charge in [0.05, 0.1) is 6.54 Å². The molecule has 7 heteroatoms. The van der Waals surface area contributed by atoms with Crippen molar-refractivity contribution >= 4 is 23.2 Å². The molecule has 3 rings (SSSR count). The number of guanidine groups is 1. The number of nitrogens with zero attached hydrogens (tertiary/aromatic N) is 2. The Hall–Kier alpha value is -1.60. The number of carbonyl (C=O) groups excluding carboxylic acids is 1. The molecular weight excluding hydrogens is 394 g/mol. The van der Waals surface area contributed by atoms with Gasteiger partial charge in [0, 0.05) is 49.6 Å². The Morgan fingerprint density at radius 1 is 1.23 bits per heavy atom. The lowest BCUT2D eigenvalue weighted by Crippen LogP contribution is -2.52. The molecule has 6 nitrogen and oxygen atoms in total. The topological polar surface area (TPSA) is 68.8 Å². The molecule has 1 aliphatic carbocycles. The van der Waals surface area contributed by atoms with Crippen LogP contribution in [0.3, 0.4) is 0 Å². The van der Waals surface area contributed by atoms with Crippen LogP contribution in [-0.4, -0.2) is 62.6 Å². The largest absolute Gasteiger partial charge is 0.355 e. The number of rotatable bonds is 8. The van der Waals surface area contributed by atoms with Crippen molar-refractivity contribution in [1.29, 1.82) is 0 Å². The van der Waals surface area contributed by atoms with Gasteiger partial charge < -0.3 is 16.0 Å². The molecule has 1 saturated heterocycles. The van der Waals surface area contributed by atoms with Crippen molar-refractivity contribution in [2.45, 2.75) is 69.7 Å². The molecule has 0 radical (unpaired) electrons. The summed E-state index contributed by atoms with van der Waals surface area (Å²) in [6.45, 7) is 6.22. The quantitative estimate of drug-likeness (QED) is 0.435. The predicted octanol–water partition coefficient (Wildman–Crippen LogP) is 3.11. The van der Waals surface area contributed by atoms with Crippen LogP contribution in [0.1, 0.15) is 63.2 Å². The monoisotopic (exact) mass is 433 g/mol. The first kappa shape index (κ1) is 23.1. The molecule has 1 aliphatic heterocycles. The van der Waals surface area contributed by atoms with Gasteiger partial charge in [-0.25, -0.2) is 0 Å². The lowest BCUT2D eigenvalue weighted by molar-refractivity contribution is -0.122. The van der Waals surface area contributed by atoms with E-state index in [0.29, 0.717) is 12.6 Å². The molecule has 168 valence electrons. The lowest BCUT2D eigenvalue weighted by Gasteiger charge is -2.38. The first-order chi connectivity index (χ1) is 14.6. The number of carbonyl (C=O) groups is 1. The number of nitrogens with one attached hydrogen (secondary N) is 3. The molecule has 0 bridgehead atoms. The Morgan fingerprint density at radius 3 is 2.63 bits per heavy atom. The SMILES string of the molecule is CCCNC(=O)CN1CCC(NC(=NC)NCC2(c3cccs3)CCCCC2)CC1. The summed E-state index contributed by atoms with van der Waals surface area (Å²) < 4.78 is 0. The van der Waals surface area contributed by atoms with Crippen molar-refractivity contribution in [1.82, 2.24) is 20.9 Å². The number of amides is 1. The number of likely N-dealkylation sites (tertiary alicyclic amines) is 1. The van der Waals surface area contributed by atoms with Gasteiger partial charge in [0.15, 0.2) is 5.96 Å². The Morgan fingerprint density at radius 2 is 2.00 bits per heavy atom. The molecule has 1 aromatic heterocycles. The molecule has 0 aromatic carbocycles. The van der Waals surface area contributed by atoms with Crippen LogP contribution >= 0.6 is 11.3 Å². The molecule has 30 heavy (non-hydrogen) atoms. The van der Waals surface area contributed by atoms with Crippen LogP contribution < -0.4 is 16.0 Å². The maximum Gasteiger partial charge on any atom is 0.234 e. The average molecular weight is 434 g/mol. The van der Waals surface area contributed by atoms with Crippen LogP contribution in [0, 0.1) is 0 Å². The van der Waals surface area contributed by atoms with Crippen LogP contribution in [0.2, 0.25) is 0 Å². The summed E-state index contributed by atoms with van der Waals surface area (Å²) in [4.78, 5) is 20.2. The highest BCUT2D eigenvalue weighted by molar-refractivity contribution is 7.10. The van der Waals surface area contributed by atoms with Gasteiger partial charge in [0.25, 0.3) is 0 Å². The summed E-state index contributed by atoms with van der Waals surface area (Å²) in [7, 11) is 1.86. The number of thiophene rings is 1. The number of hydrogen-bond acceptors (Lipinski definition) is 4. The van der Waals surface area contributed by atoms with E-state index in [0.717, 1.165) is 51.4 Å². The van der Waals surface area contributed by atoms with Crippen LogP contribution in [0.15, 0.2) is 22.5 Å². The molecular formula is C23H39N5OS. The Kier molecular flexibility index (Phi) is 9.00. The first-order valence-corrected chi connectivity index (χ1v) is 12.5. The Bertz CT molecular complexity index is 661. The molecule has 3 N–H and O–H groups in total. The van der Waals surface area contributed by atoms with Crippen LogP contribution in [0.4, 0.5) is 0 Å². The van der Waals surface area contributed by atoms with E-state index in [1.54, 1.807) is 0 Å². The molecule has 0 spiro atoms. The second-order valence-corrected chi connectivity index (χ2v) is 9.74. The van der Waals surface area contributed by atoms with Gasteiger partial charge in [-0.3, -0.25) is 14.7 Å². The average Bonchev–Trinajstić information content (AvgIpc) is 3.33. The zero-order chi connectivity index (χ0) is 21.2. The van der Waals surface area contributed by atoms with Crippen molar-refractivity contribution in [2.24, 2.45) is 4.99 Å². The summed E-state index contributed by atoms with van der Waals surface area (Å²) >= 11 is 1.89. The van der Waals surface area contributed by atoms with Gasteiger partial charge in [-0.2, -0.15) is 0 Å². The maximum absolute atomic E-state index is 11.9. The minimum atomic E-state index is 0.145. The summed E-state index contributed by atoms with van der Waals surface area (Å²) in [5.41, 5.74) is 0.249. The fourth-order valence-electron chi connectivity index (χ4n) is 4.72. The third-order valence-corrected chi connectivity index (χ3v) is 7.66. The fourth-order valence-corrected chi connectivity index (χ4v) is 5.71.